The standard InChI is InChI=1S/C23H32ClN5O2/c1-27(2)19-8-5-17(6-9-19)21(29-13-11-28(3)12-14-29)16-25-23(30)26-20-15-18(24)7-10-22(20)31-4/h5-10,15,21H,11-14,16H2,1-4H3,(H2,25,26,30)/t21-/m0/s1. The first-order chi connectivity index (χ1) is 14.9. The Labute approximate surface area is 189 Å². The van der Waals surface area contributed by atoms with Gasteiger partial charge in [0.05, 0.1) is 18.8 Å². The van der Waals surface area contributed by atoms with Crippen LogP contribution in [0, 0.1) is 0 Å². The van der Waals surface area contributed by atoms with Gasteiger partial charge in [0.15, 0.2) is 0 Å². The fraction of sp³-hybridized carbons (Fsp3) is 0.435. The summed E-state index contributed by atoms with van der Waals surface area (Å²) in [7, 11) is 7.77. The average Bonchev–Trinajstić information content (AvgIpc) is 2.75. The molecule has 2 aromatic rings. The first-order valence-corrected chi connectivity index (χ1v) is 10.8. The van der Waals surface area contributed by atoms with E-state index in [0.29, 0.717) is 23.0 Å². The summed E-state index contributed by atoms with van der Waals surface area (Å²) in [5.41, 5.74) is 2.88. The fourth-order valence-corrected chi connectivity index (χ4v) is 3.89. The number of benzene rings is 2. The van der Waals surface area contributed by atoms with Gasteiger partial charge in [0.1, 0.15) is 5.75 Å². The van der Waals surface area contributed by atoms with Crippen molar-refractivity contribution in [3.05, 3.63) is 53.1 Å². The van der Waals surface area contributed by atoms with Crippen LogP contribution in [0.25, 0.3) is 0 Å². The number of piperazine rings is 1. The lowest BCUT2D eigenvalue weighted by molar-refractivity contribution is 0.111. The molecule has 2 aromatic carbocycles. The second-order valence-corrected chi connectivity index (χ2v) is 8.46. The molecule has 0 aliphatic carbocycles. The highest BCUT2D eigenvalue weighted by molar-refractivity contribution is 6.31. The zero-order valence-corrected chi connectivity index (χ0v) is 19.4. The van der Waals surface area contributed by atoms with Crippen molar-refractivity contribution < 1.29 is 9.53 Å². The van der Waals surface area contributed by atoms with Crippen LogP contribution in [-0.2, 0) is 0 Å². The molecule has 0 bridgehead atoms. The summed E-state index contributed by atoms with van der Waals surface area (Å²) >= 11 is 6.07. The van der Waals surface area contributed by atoms with E-state index in [4.69, 9.17) is 16.3 Å². The van der Waals surface area contributed by atoms with Crippen molar-refractivity contribution in [2.24, 2.45) is 0 Å². The number of hydrogen-bond acceptors (Lipinski definition) is 5. The van der Waals surface area contributed by atoms with Crippen molar-refractivity contribution >= 4 is 29.0 Å². The number of halogens is 1. The van der Waals surface area contributed by atoms with E-state index in [9.17, 15) is 4.79 Å². The number of rotatable bonds is 7. The van der Waals surface area contributed by atoms with Crippen LogP contribution < -0.4 is 20.3 Å². The Balaban J connectivity index is 1.71. The Morgan fingerprint density at radius 1 is 1.13 bits per heavy atom. The second-order valence-electron chi connectivity index (χ2n) is 8.02. The maximum absolute atomic E-state index is 12.7. The van der Waals surface area contributed by atoms with Crippen LogP contribution in [-0.4, -0.2) is 76.8 Å². The van der Waals surface area contributed by atoms with Crippen LogP contribution in [0.15, 0.2) is 42.5 Å². The van der Waals surface area contributed by atoms with Gasteiger partial charge >= 0.3 is 6.03 Å². The van der Waals surface area contributed by atoms with E-state index in [-0.39, 0.29) is 12.1 Å². The molecule has 0 spiro atoms. The highest BCUT2D eigenvalue weighted by Crippen LogP contribution is 2.28. The smallest absolute Gasteiger partial charge is 0.319 e. The zero-order chi connectivity index (χ0) is 22.4. The Kier molecular flexibility index (Phi) is 8.01. The molecular weight excluding hydrogens is 414 g/mol. The number of nitrogens with zero attached hydrogens (tertiary/aromatic N) is 3. The minimum absolute atomic E-state index is 0.0944. The number of methoxy groups -OCH3 is 1. The van der Waals surface area contributed by atoms with Crippen molar-refractivity contribution in [1.29, 1.82) is 0 Å². The monoisotopic (exact) mass is 445 g/mol. The fourth-order valence-electron chi connectivity index (χ4n) is 3.72. The van der Waals surface area contributed by atoms with E-state index in [0.717, 1.165) is 31.9 Å². The van der Waals surface area contributed by atoms with Crippen LogP contribution in [0.3, 0.4) is 0 Å². The quantitative estimate of drug-likeness (QED) is 0.682. The van der Waals surface area contributed by atoms with Crippen molar-refractivity contribution in [2.75, 3.05) is 71.2 Å². The van der Waals surface area contributed by atoms with Gasteiger partial charge in [-0.3, -0.25) is 4.90 Å². The molecule has 0 radical (unpaired) electrons. The predicted molar refractivity (Wildman–Crippen MR) is 128 cm³/mol. The van der Waals surface area contributed by atoms with E-state index in [1.807, 2.05) is 14.1 Å². The molecule has 8 heteroatoms. The number of anilines is 2. The Morgan fingerprint density at radius 2 is 1.81 bits per heavy atom. The Hall–Kier alpha value is -2.48. The summed E-state index contributed by atoms with van der Waals surface area (Å²) in [6, 6.07) is 13.5. The highest BCUT2D eigenvalue weighted by Gasteiger charge is 2.24. The molecule has 1 aliphatic rings. The molecule has 1 atom stereocenters. The lowest BCUT2D eigenvalue weighted by Gasteiger charge is -2.38. The maximum atomic E-state index is 12.7. The van der Waals surface area contributed by atoms with Gasteiger partial charge in [-0.2, -0.15) is 0 Å². The summed E-state index contributed by atoms with van der Waals surface area (Å²) in [6.45, 7) is 4.44. The molecule has 31 heavy (non-hydrogen) atoms. The first-order valence-electron chi connectivity index (χ1n) is 10.5. The normalized spacial score (nSPS) is 15.9. The van der Waals surface area contributed by atoms with Crippen molar-refractivity contribution in [3.8, 4) is 5.75 Å². The van der Waals surface area contributed by atoms with Gasteiger partial charge in [-0.1, -0.05) is 23.7 Å². The SMILES string of the molecule is COc1ccc(Cl)cc1NC(=O)NC[C@@H](c1ccc(N(C)C)cc1)N1CCN(C)CC1. The molecule has 1 saturated heterocycles. The maximum Gasteiger partial charge on any atom is 0.319 e. The van der Waals surface area contributed by atoms with Crippen LogP contribution >= 0.6 is 11.6 Å². The number of carbonyl (C=O) groups excluding carboxylic acids is 1. The second kappa shape index (κ2) is 10.7. The van der Waals surface area contributed by atoms with Crippen molar-refractivity contribution in [2.45, 2.75) is 6.04 Å². The number of likely N-dealkylation sites (N-methyl/N-ethyl adjacent to an activating group) is 1. The van der Waals surface area contributed by atoms with Crippen LogP contribution in [0.5, 0.6) is 5.75 Å². The number of amides is 2. The van der Waals surface area contributed by atoms with E-state index in [1.165, 1.54) is 5.56 Å². The molecule has 2 amide bonds. The van der Waals surface area contributed by atoms with E-state index in [2.05, 4.69) is 56.6 Å². The molecule has 0 saturated carbocycles. The Morgan fingerprint density at radius 3 is 2.42 bits per heavy atom. The lowest BCUT2D eigenvalue weighted by atomic mass is 10.0. The topological polar surface area (TPSA) is 60.1 Å². The van der Waals surface area contributed by atoms with E-state index >= 15 is 0 Å². The minimum atomic E-state index is -0.287. The largest absolute Gasteiger partial charge is 0.495 e. The molecule has 1 aliphatic heterocycles. The molecule has 1 heterocycles. The third-order valence-corrected chi connectivity index (χ3v) is 5.87. The third-order valence-electron chi connectivity index (χ3n) is 5.64. The molecule has 1 fully saturated rings. The number of nitrogens with one attached hydrogen (secondary N) is 2. The van der Waals surface area contributed by atoms with E-state index in [1.54, 1.807) is 25.3 Å². The number of carbonyl (C=O) groups is 1. The van der Waals surface area contributed by atoms with Crippen LogP contribution in [0.2, 0.25) is 5.02 Å². The number of hydrogen-bond donors (Lipinski definition) is 2. The number of ether oxygens (including phenoxy) is 1. The van der Waals surface area contributed by atoms with Crippen LogP contribution in [0.4, 0.5) is 16.2 Å². The van der Waals surface area contributed by atoms with Crippen molar-refractivity contribution in [1.82, 2.24) is 15.1 Å². The van der Waals surface area contributed by atoms with Gasteiger partial charge in [0.25, 0.3) is 0 Å². The van der Waals surface area contributed by atoms with Gasteiger partial charge in [-0.05, 0) is 42.9 Å². The van der Waals surface area contributed by atoms with Crippen LogP contribution in [0.1, 0.15) is 11.6 Å². The van der Waals surface area contributed by atoms with Crippen molar-refractivity contribution in [3.63, 3.8) is 0 Å². The highest BCUT2D eigenvalue weighted by atomic mass is 35.5. The predicted octanol–water partition coefficient (Wildman–Crippen LogP) is 3.52. The van der Waals surface area contributed by atoms with E-state index < -0.39 is 0 Å². The zero-order valence-electron chi connectivity index (χ0n) is 18.7. The number of urea groups is 1. The third kappa shape index (κ3) is 6.26. The lowest BCUT2D eigenvalue weighted by Crippen LogP contribution is -2.48. The summed E-state index contributed by atoms with van der Waals surface area (Å²) < 4.78 is 5.31. The first kappa shape index (κ1) is 23.2. The van der Waals surface area contributed by atoms with Gasteiger partial charge in [0.2, 0.25) is 0 Å². The molecule has 0 unspecified atom stereocenters. The summed E-state index contributed by atoms with van der Waals surface area (Å²) in [5.74, 6) is 0.564. The molecule has 7 nitrogen and oxygen atoms in total. The summed E-state index contributed by atoms with van der Waals surface area (Å²) in [5, 5.41) is 6.42. The van der Waals surface area contributed by atoms with Gasteiger partial charge in [-0.15, -0.1) is 0 Å². The minimum Gasteiger partial charge on any atom is -0.495 e. The molecular formula is C23H32ClN5O2. The average molecular weight is 446 g/mol. The molecule has 168 valence electrons. The molecule has 0 aromatic heterocycles. The van der Waals surface area contributed by atoms with Gasteiger partial charge in [0, 0.05) is 57.5 Å². The van der Waals surface area contributed by atoms with Gasteiger partial charge in [-0.25, -0.2) is 4.79 Å². The van der Waals surface area contributed by atoms with Gasteiger partial charge < -0.3 is 25.2 Å². The molecule has 2 N–H and O–H groups in total. The summed E-state index contributed by atoms with van der Waals surface area (Å²) in [6.07, 6.45) is 0. The summed E-state index contributed by atoms with van der Waals surface area (Å²) in [4.78, 5) is 19.5. The molecule has 3 rings (SSSR count). The Bertz CT molecular complexity index is 867.